The maximum Gasteiger partial charge on any atom is 0.150 e. The molecule has 0 radical (unpaired) electrons. The van der Waals surface area contributed by atoms with E-state index in [2.05, 4.69) is 6.07 Å². The topological polar surface area (TPSA) is 17.1 Å². The summed E-state index contributed by atoms with van der Waals surface area (Å²) in [5, 5.41) is 0. The van der Waals surface area contributed by atoms with Crippen molar-refractivity contribution in [3.8, 4) is 11.1 Å². The molecular weight excluding hydrogens is 232 g/mol. The lowest BCUT2D eigenvalue weighted by atomic mass is 9.99. The average molecular weight is 256 g/mol. The number of hydrogen-bond acceptors (Lipinski definition) is 1. The number of carbonyl (C=O) groups is 1. The molecule has 1 nitrogen and oxygen atoms in total. The Morgan fingerprint density at radius 2 is 1.47 bits per heavy atom. The molecule has 0 fully saturated rings. The van der Waals surface area contributed by atoms with Crippen LogP contribution in [-0.4, -0.2) is 6.29 Å². The minimum Gasteiger partial charge on any atom is -0.298 e. The third-order valence-electron chi connectivity index (χ3n) is 2.42. The summed E-state index contributed by atoms with van der Waals surface area (Å²) in [5.41, 5.74) is 4.03. The molecule has 2 aromatic rings. The van der Waals surface area contributed by atoms with E-state index < -0.39 is 0 Å². The van der Waals surface area contributed by atoms with Gasteiger partial charge in [-0.05, 0) is 18.1 Å². The smallest absolute Gasteiger partial charge is 0.150 e. The Morgan fingerprint density at radius 3 is 2.05 bits per heavy atom. The summed E-state index contributed by atoms with van der Waals surface area (Å²) in [6.07, 6.45) is 0.900. The molecule has 0 N–H and O–H groups in total. The number of hydrogen-bond donors (Lipinski definition) is 0. The van der Waals surface area contributed by atoms with Gasteiger partial charge in [0.15, 0.2) is 6.29 Å². The summed E-state index contributed by atoms with van der Waals surface area (Å²) in [5.74, 6) is 0. The van der Waals surface area contributed by atoms with E-state index in [1.807, 2.05) is 77.1 Å². The van der Waals surface area contributed by atoms with Gasteiger partial charge >= 0.3 is 0 Å². The summed E-state index contributed by atoms with van der Waals surface area (Å²) in [6.45, 7) is 10.0. The maximum atomic E-state index is 10.9. The van der Waals surface area contributed by atoms with E-state index >= 15 is 0 Å². The molecule has 0 aliphatic heterocycles. The van der Waals surface area contributed by atoms with Gasteiger partial charge in [-0.25, -0.2) is 0 Å². The average Bonchev–Trinajstić information content (AvgIpc) is 2.51. The van der Waals surface area contributed by atoms with Gasteiger partial charge in [0.25, 0.3) is 0 Å². The van der Waals surface area contributed by atoms with Gasteiger partial charge in [0.05, 0.1) is 0 Å². The summed E-state index contributed by atoms with van der Waals surface area (Å²) >= 11 is 0. The standard InChI is InChI=1S/C14H12O.2C2H6/c1-11-5-4-7-12(9-11)14-8-3-2-6-13(14)10-15;2*1-2/h2-10H,1H3;2*1-2H3. The highest BCUT2D eigenvalue weighted by Crippen LogP contribution is 2.23. The number of carbonyl (C=O) groups excluding carboxylic acids is 1. The van der Waals surface area contributed by atoms with E-state index in [-0.39, 0.29) is 0 Å². The minimum absolute atomic E-state index is 0.739. The lowest BCUT2D eigenvalue weighted by Crippen LogP contribution is -1.86. The minimum atomic E-state index is 0.739. The molecule has 0 unspecified atom stereocenters. The molecule has 0 spiro atoms. The first kappa shape index (κ1) is 17.1. The van der Waals surface area contributed by atoms with Crippen LogP contribution in [0.3, 0.4) is 0 Å². The second-order valence-electron chi connectivity index (χ2n) is 3.57. The summed E-state index contributed by atoms with van der Waals surface area (Å²) in [4.78, 5) is 10.9. The van der Waals surface area contributed by atoms with Crippen LogP contribution in [0.25, 0.3) is 11.1 Å². The molecule has 19 heavy (non-hydrogen) atoms. The van der Waals surface area contributed by atoms with Crippen LogP contribution in [0.15, 0.2) is 48.5 Å². The Bertz CT molecular complexity index is 487. The van der Waals surface area contributed by atoms with Crippen molar-refractivity contribution >= 4 is 6.29 Å². The highest BCUT2D eigenvalue weighted by molar-refractivity contribution is 5.87. The van der Waals surface area contributed by atoms with Gasteiger partial charge in [0.2, 0.25) is 0 Å². The van der Waals surface area contributed by atoms with Crippen LogP contribution in [0.5, 0.6) is 0 Å². The molecule has 102 valence electrons. The molecule has 0 atom stereocenters. The summed E-state index contributed by atoms with van der Waals surface area (Å²) in [7, 11) is 0. The van der Waals surface area contributed by atoms with Gasteiger partial charge in [-0.2, -0.15) is 0 Å². The van der Waals surface area contributed by atoms with Gasteiger partial charge in [-0.3, -0.25) is 4.79 Å². The molecule has 0 saturated carbocycles. The van der Waals surface area contributed by atoms with Crippen molar-refractivity contribution in [2.45, 2.75) is 34.6 Å². The molecule has 0 aliphatic rings. The fourth-order valence-corrected chi connectivity index (χ4v) is 1.68. The van der Waals surface area contributed by atoms with E-state index in [1.54, 1.807) is 0 Å². The third kappa shape index (κ3) is 5.09. The van der Waals surface area contributed by atoms with Gasteiger partial charge in [0.1, 0.15) is 0 Å². The fourth-order valence-electron chi connectivity index (χ4n) is 1.68. The van der Waals surface area contributed by atoms with E-state index in [0.29, 0.717) is 0 Å². The lowest BCUT2D eigenvalue weighted by molar-refractivity contribution is 0.112. The molecule has 0 bridgehead atoms. The van der Waals surface area contributed by atoms with E-state index in [9.17, 15) is 4.79 Å². The zero-order valence-corrected chi connectivity index (χ0v) is 12.6. The first-order chi connectivity index (χ1) is 9.31. The number of rotatable bonds is 2. The largest absolute Gasteiger partial charge is 0.298 e. The molecule has 0 amide bonds. The first-order valence-electron chi connectivity index (χ1n) is 6.92. The maximum absolute atomic E-state index is 10.9. The highest BCUT2D eigenvalue weighted by Gasteiger charge is 2.02. The van der Waals surface area contributed by atoms with Crippen LogP contribution in [0.4, 0.5) is 0 Å². The molecule has 1 heteroatoms. The fraction of sp³-hybridized carbons (Fsp3) is 0.278. The molecule has 2 aromatic carbocycles. The Hall–Kier alpha value is -1.89. The van der Waals surface area contributed by atoms with Crippen LogP contribution >= 0.6 is 0 Å². The van der Waals surface area contributed by atoms with Crippen LogP contribution in [0, 0.1) is 6.92 Å². The van der Waals surface area contributed by atoms with E-state index in [1.165, 1.54) is 5.56 Å². The van der Waals surface area contributed by atoms with Crippen molar-refractivity contribution in [3.63, 3.8) is 0 Å². The predicted molar refractivity (Wildman–Crippen MR) is 84.7 cm³/mol. The second-order valence-corrected chi connectivity index (χ2v) is 3.57. The van der Waals surface area contributed by atoms with Crippen molar-refractivity contribution in [2.24, 2.45) is 0 Å². The monoisotopic (exact) mass is 256 g/mol. The second kappa shape index (κ2) is 10.1. The van der Waals surface area contributed by atoms with Crippen molar-refractivity contribution in [3.05, 3.63) is 59.7 Å². The van der Waals surface area contributed by atoms with E-state index in [0.717, 1.165) is 23.0 Å². The zero-order chi connectivity index (χ0) is 14.7. The predicted octanol–water partition coefficient (Wildman–Crippen LogP) is 5.53. The van der Waals surface area contributed by atoms with Crippen molar-refractivity contribution in [1.29, 1.82) is 0 Å². The van der Waals surface area contributed by atoms with Gasteiger partial charge in [0, 0.05) is 5.56 Å². The lowest BCUT2D eigenvalue weighted by Gasteiger charge is -2.05. The normalized spacial score (nSPS) is 8.47. The van der Waals surface area contributed by atoms with Gasteiger partial charge in [-0.15, -0.1) is 0 Å². The third-order valence-corrected chi connectivity index (χ3v) is 2.42. The SMILES string of the molecule is CC.CC.Cc1cccc(-c2ccccc2C=O)c1. The van der Waals surface area contributed by atoms with Crippen LogP contribution < -0.4 is 0 Å². The van der Waals surface area contributed by atoms with Crippen molar-refractivity contribution in [2.75, 3.05) is 0 Å². The molecule has 0 aromatic heterocycles. The highest BCUT2D eigenvalue weighted by atomic mass is 16.1. The molecule has 2 rings (SSSR count). The van der Waals surface area contributed by atoms with Crippen molar-refractivity contribution in [1.82, 2.24) is 0 Å². The number of aryl methyl sites for hydroxylation is 1. The molecule has 0 heterocycles. The Balaban J connectivity index is 0.000000741. The number of aldehydes is 1. The Morgan fingerprint density at radius 1 is 0.842 bits per heavy atom. The van der Waals surface area contributed by atoms with Crippen molar-refractivity contribution < 1.29 is 4.79 Å². The summed E-state index contributed by atoms with van der Waals surface area (Å²) in [6, 6.07) is 15.8. The number of benzene rings is 2. The molecule has 0 aliphatic carbocycles. The van der Waals surface area contributed by atoms with Crippen LogP contribution in [0.2, 0.25) is 0 Å². The van der Waals surface area contributed by atoms with Gasteiger partial charge in [-0.1, -0.05) is 81.8 Å². The van der Waals surface area contributed by atoms with Crippen LogP contribution in [-0.2, 0) is 0 Å². The van der Waals surface area contributed by atoms with E-state index in [4.69, 9.17) is 0 Å². The Kier molecular flexibility index (Phi) is 9.07. The Labute approximate surface area is 117 Å². The zero-order valence-electron chi connectivity index (χ0n) is 12.6. The molecular formula is C18H24O. The van der Waals surface area contributed by atoms with Gasteiger partial charge < -0.3 is 0 Å². The summed E-state index contributed by atoms with van der Waals surface area (Å²) < 4.78 is 0. The van der Waals surface area contributed by atoms with Crippen LogP contribution in [0.1, 0.15) is 43.6 Å². The first-order valence-corrected chi connectivity index (χ1v) is 6.92. The molecule has 0 saturated heterocycles. The quantitative estimate of drug-likeness (QED) is 0.646.